The van der Waals surface area contributed by atoms with E-state index in [9.17, 15) is 20.1 Å². The summed E-state index contributed by atoms with van der Waals surface area (Å²) >= 11 is 0. The highest BCUT2D eigenvalue weighted by Crippen LogP contribution is 2.43. The van der Waals surface area contributed by atoms with Crippen LogP contribution in [0.25, 0.3) is 0 Å². The summed E-state index contributed by atoms with van der Waals surface area (Å²) in [5.74, 6) is -1.51. The summed E-state index contributed by atoms with van der Waals surface area (Å²) in [7, 11) is 0. The second kappa shape index (κ2) is 7.53. The second-order valence-corrected chi connectivity index (χ2v) is 6.47. The summed E-state index contributed by atoms with van der Waals surface area (Å²) in [4.78, 5) is 11.6. The smallest absolute Gasteiger partial charge is 0.339 e. The van der Waals surface area contributed by atoms with Gasteiger partial charge in [0.25, 0.3) is 0 Å². The number of rotatable bonds is 6. The Kier molecular flexibility index (Phi) is 5.69. The number of phenols is 2. The molecule has 0 unspecified atom stereocenters. The van der Waals surface area contributed by atoms with Crippen molar-refractivity contribution in [1.29, 1.82) is 0 Å². The van der Waals surface area contributed by atoms with Crippen LogP contribution in [0.15, 0.2) is 17.7 Å². The van der Waals surface area contributed by atoms with Crippen molar-refractivity contribution >= 4 is 5.97 Å². The number of aryl methyl sites for hydroxylation is 1. The summed E-state index contributed by atoms with van der Waals surface area (Å²) < 4.78 is 0. The van der Waals surface area contributed by atoms with Crippen LogP contribution in [-0.2, 0) is 6.42 Å². The molecule has 0 amide bonds. The molecule has 0 aromatic heterocycles. The lowest BCUT2D eigenvalue weighted by Crippen LogP contribution is -2.09. The van der Waals surface area contributed by atoms with Gasteiger partial charge in [0, 0.05) is 11.5 Å². The molecule has 1 atom stereocenters. The molecule has 0 fully saturated rings. The van der Waals surface area contributed by atoms with E-state index in [0.29, 0.717) is 17.5 Å². The van der Waals surface area contributed by atoms with E-state index in [2.05, 4.69) is 6.92 Å². The highest BCUT2D eigenvalue weighted by molar-refractivity contribution is 5.94. The number of aromatic carboxylic acids is 1. The van der Waals surface area contributed by atoms with Crippen molar-refractivity contribution < 1.29 is 20.1 Å². The third-order valence-corrected chi connectivity index (χ3v) is 4.61. The second-order valence-electron chi connectivity index (χ2n) is 6.47. The van der Waals surface area contributed by atoms with E-state index < -0.39 is 5.97 Å². The Morgan fingerprint density at radius 1 is 1.30 bits per heavy atom. The number of phenolic OH excluding ortho intramolecular Hbond substituents is 1. The molecule has 0 aliphatic heterocycles. The van der Waals surface area contributed by atoms with Gasteiger partial charge in [-0.25, -0.2) is 4.79 Å². The molecule has 0 bridgehead atoms. The van der Waals surface area contributed by atoms with E-state index in [-0.39, 0.29) is 23.0 Å². The SMILES string of the molecule is CCCCCc1cc(O)c([C@H]2C=C(C)CCC2)c(O)c1C(=O)O. The molecule has 0 saturated carbocycles. The van der Waals surface area contributed by atoms with Crippen molar-refractivity contribution in [2.45, 2.75) is 64.7 Å². The average Bonchev–Trinajstić information content (AvgIpc) is 2.46. The molecule has 0 heterocycles. The van der Waals surface area contributed by atoms with Crippen LogP contribution in [0.1, 0.15) is 79.8 Å². The number of allylic oxidation sites excluding steroid dienone is 2. The normalized spacial score (nSPS) is 17.8. The maximum absolute atomic E-state index is 11.6. The molecule has 1 aromatic carbocycles. The van der Waals surface area contributed by atoms with E-state index in [4.69, 9.17) is 0 Å². The van der Waals surface area contributed by atoms with Crippen molar-refractivity contribution in [2.24, 2.45) is 0 Å². The summed E-state index contributed by atoms with van der Waals surface area (Å²) in [5.41, 5.74) is 2.04. The van der Waals surface area contributed by atoms with Gasteiger partial charge >= 0.3 is 5.97 Å². The molecule has 1 aromatic rings. The number of carbonyl (C=O) groups is 1. The Bertz CT molecular complexity index is 616. The van der Waals surface area contributed by atoms with Crippen LogP contribution in [0.5, 0.6) is 11.5 Å². The van der Waals surface area contributed by atoms with Crippen molar-refractivity contribution in [3.63, 3.8) is 0 Å². The molecule has 0 saturated heterocycles. The molecule has 23 heavy (non-hydrogen) atoms. The molecule has 4 nitrogen and oxygen atoms in total. The fourth-order valence-corrected chi connectivity index (χ4v) is 3.43. The van der Waals surface area contributed by atoms with Crippen LogP contribution >= 0.6 is 0 Å². The maximum Gasteiger partial charge on any atom is 0.339 e. The number of benzene rings is 1. The summed E-state index contributed by atoms with van der Waals surface area (Å²) in [6.07, 6.45) is 8.25. The molecule has 0 spiro atoms. The zero-order valence-corrected chi connectivity index (χ0v) is 13.9. The van der Waals surface area contributed by atoms with Gasteiger partial charge in [-0.05, 0) is 50.7 Å². The van der Waals surface area contributed by atoms with E-state index in [1.165, 1.54) is 11.6 Å². The average molecular weight is 318 g/mol. The fourth-order valence-electron chi connectivity index (χ4n) is 3.43. The van der Waals surface area contributed by atoms with Crippen LogP contribution < -0.4 is 0 Å². The lowest BCUT2D eigenvalue weighted by molar-refractivity contribution is 0.0692. The van der Waals surface area contributed by atoms with Gasteiger partial charge in [0.2, 0.25) is 0 Å². The van der Waals surface area contributed by atoms with Crippen molar-refractivity contribution in [1.82, 2.24) is 0 Å². The van der Waals surface area contributed by atoms with Gasteiger partial charge in [0.1, 0.15) is 17.1 Å². The van der Waals surface area contributed by atoms with Crippen molar-refractivity contribution in [3.05, 3.63) is 34.4 Å². The summed E-state index contributed by atoms with van der Waals surface area (Å²) in [6.45, 7) is 4.10. The molecular formula is C19H26O4. The predicted molar refractivity (Wildman–Crippen MR) is 90.3 cm³/mol. The van der Waals surface area contributed by atoms with Crippen LogP contribution in [0.2, 0.25) is 0 Å². The monoisotopic (exact) mass is 318 g/mol. The molecule has 4 heteroatoms. The first-order valence-electron chi connectivity index (χ1n) is 8.44. The first-order valence-corrected chi connectivity index (χ1v) is 8.44. The van der Waals surface area contributed by atoms with Crippen LogP contribution in [0, 0.1) is 0 Å². The lowest BCUT2D eigenvalue weighted by Gasteiger charge is -2.23. The first-order chi connectivity index (χ1) is 11.0. The highest BCUT2D eigenvalue weighted by atomic mass is 16.4. The number of unbranched alkanes of at least 4 members (excludes halogenated alkanes) is 2. The van der Waals surface area contributed by atoms with Crippen molar-refractivity contribution in [3.8, 4) is 11.5 Å². The van der Waals surface area contributed by atoms with Gasteiger partial charge in [-0.15, -0.1) is 0 Å². The Labute approximate surface area is 137 Å². The Morgan fingerprint density at radius 3 is 2.65 bits per heavy atom. The van der Waals surface area contributed by atoms with Gasteiger partial charge in [-0.1, -0.05) is 31.4 Å². The Balaban J connectivity index is 2.46. The molecule has 1 aliphatic carbocycles. The van der Waals surface area contributed by atoms with E-state index in [1.54, 1.807) is 0 Å². The molecule has 3 N–H and O–H groups in total. The van der Waals surface area contributed by atoms with Gasteiger partial charge in [-0.3, -0.25) is 0 Å². The third-order valence-electron chi connectivity index (χ3n) is 4.61. The standard InChI is InChI=1S/C19H26O4/c1-3-4-5-8-14-11-15(20)16(18(21)17(14)19(22)23)13-9-6-7-12(2)10-13/h10-11,13,20-21H,3-9H2,1-2H3,(H,22,23)/t13-/m1/s1. The van der Waals surface area contributed by atoms with E-state index >= 15 is 0 Å². The Morgan fingerprint density at radius 2 is 2.04 bits per heavy atom. The zero-order valence-electron chi connectivity index (χ0n) is 13.9. The zero-order chi connectivity index (χ0) is 17.0. The molecule has 2 rings (SSSR count). The molecule has 1 aliphatic rings. The van der Waals surface area contributed by atoms with Crippen molar-refractivity contribution in [2.75, 3.05) is 0 Å². The number of hydrogen-bond acceptors (Lipinski definition) is 3. The highest BCUT2D eigenvalue weighted by Gasteiger charge is 2.27. The minimum Gasteiger partial charge on any atom is -0.507 e. The first kappa shape index (κ1) is 17.4. The number of carboxylic acids is 1. The number of carboxylic acid groups (broad SMARTS) is 1. The molecule has 0 radical (unpaired) electrons. The predicted octanol–water partition coefficient (Wildman–Crippen LogP) is 4.74. The van der Waals surface area contributed by atoms with Crippen LogP contribution in [0.4, 0.5) is 0 Å². The Hall–Kier alpha value is -1.97. The van der Waals surface area contributed by atoms with Gasteiger partial charge < -0.3 is 15.3 Å². The van der Waals surface area contributed by atoms with Gasteiger partial charge in [0.15, 0.2) is 0 Å². The number of hydrogen-bond donors (Lipinski definition) is 3. The quantitative estimate of drug-likeness (QED) is 0.523. The van der Waals surface area contributed by atoms with Crippen LogP contribution in [-0.4, -0.2) is 21.3 Å². The maximum atomic E-state index is 11.6. The fraction of sp³-hybridized carbons (Fsp3) is 0.526. The lowest BCUT2D eigenvalue weighted by atomic mass is 9.83. The largest absolute Gasteiger partial charge is 0.507 e. The third kappa shape index (κ3) is 3.87. The summed E-state index contributed by atoms with van der Waals surface area (Å²) in [6, 6.07) is 1.53. The van der Waals surface area contributed by atoms with Gasteiger partial charge in [0.05, 0.1) is 0 Å². The molecule has 126 valence electrons. The molecular weight excluding hydrogens is 292 g/mol. The van der Waals surface area contributed by atoms with Gasteiger partial charge in [-0.2, -0.15) is 0 Å². The van der Waals surface area contributed by atoms with E-state index in [1.807, 2.05) is 13.0 Å². The topological polar surface area (TPSA) is 77.8 Å². The summed E-state index contributed by atoms with van der Waals surface area (Å²) in [5, 5.41) is 30.4. The number of aromatic hydroxyl groups is 2. The van der Waals surface area contributed by atoms with Crippen LogP contribution in [0.3, 0.4) is 0 Å². The van der Waals surface area contributed by atoms with E-state index in [0.717, 1.165) is 38.5 Å². The minimum absolute atomic E-state index is 0.00921. The minimum atomic E-state index is -1.13.